The largest absolute Gasteiger partial charge is 0.366 e. The smallest absolute Gasteiger partial charge is 0.150 e. The molecule has 2 nitrogen and oxygen atoms in total. The Morgan fingerprint density at radius 3 is 1.94 bits per heavy atom. The van der Waals surface area contributed by atoms with Crippen molar-refractivity contribution in [2.45, 2.75) is 53.6 Å². The molecule has 1 rings (SSSR count). The third-order valence-corrected chi connectivity index (χ3v) is 3.10. The highest BCUT2D eigenvalue weighted by Crippen LogP contribution is 2.27. The first-order valence-corrected chi connectivity index (χ1v) is 6.23. The number of rotatable bonds is 4. The van der Waals surface area contributed by atoms with Gasteiger partial charge in [0.15, 0.2) is 0 Å². The van der Waals surface area contributed by atoms with E-state index in [4.69, 9.17) is 0 Å². The quantitative estimate of drug-likeness (QED) is 0.738. The van der Waals surface area contributed by atoms with E-state index in [-0.39, 0.29) is 0 Å². The van der Waals surface area contributed by atoms with Crippen LogP contribution in [0.3, 0.4) is 0 Å². The number of nitrogens with zero attached hydrogens (tertiary/aromatic N) is 1. The number of aldehydes is 1. The van der Waals surface area contributed by atoms with E-state index in [1.807, 2.05) is 13.0 Å². The van der Waals surface area contributed by atoms with Crippen LogP contribution in [-0.2, 0) is 0 Å². The predicted molar refractivity (Wildman–Crippen MR) is 74.1 cm³/mol. The second kappa shape index (κ2) is 5.35. The summed E-state index contributed by atoms with van der Waals surface area (Å²) in [4.78, 5) is 13.3. The van der Waals surface area contributed by atoms with Crippen LogP contribution < -0.4 is 4.90 Å². The zero-order chi connectivity index (χ0) is 13.2. The summed E-state index contributed by atoms with van der Waals surface area (Å²) in [6.07, 6.45) is 0.932. The van der Waals surface area contributed by atoms with E-state index < -0.39 is 0 Å². The molecule has 0 fully saturated rings. The molecule has 0 saturated carbocycles. The van der Waals surface area contributed by atoms with E-state index in [2.05, 4.69) is 45.6 Å². The van der Waals surface area contributed by atoms with Crippen LogP contribution in [0.1, 0.15) is 49.2 Å². The maximum absolute atomic E-state index is 10.9. The number of benzene rings is 1. The molecule has 0 radical (unpaired) electrons. The highest BCUT2D eigenvalue weighted by Gasteiger charge is 2.17. The normalized spacial score (nSPS) is 11.1. The van der Waals surface area contributed by atoms with Gasteiger partial charge in [-0.15, -0.1) is 0 Å². The Labute approximate surface area is 105 Å². The molecule has 0 aliphatic heterocycles. The summed E-state index contributed by atoms with van der Waals surface area (Å²) < 4.78 is 0. The van der Waals surface area contributed by atoms with Gasteiger partial charge in [-0.1, -0.05) is 0 Å². The molecule has 1 aromatic carbocycles. The molecule has 1 aromatic rings. The van der Waals surface area contributed by atoms with Gasteiger partial charge in [-0.25, -0.2) is 0 Å². The van der Waals surface area contributed by atoms with Crippen LogP contribution in [0.15, 0.2) is 12.1 Å². The number of carbonyl (C=O) groups excluding carboxylic acids is 1. The Morgan fingerprint density at radius 1 is 1.00 bits per heavy atom. The highest BCUT2D eigenvalue weighted by atomic mass is 16.1. The van der Waals surface area contributed by atoms with Crippen molar-refractivity contribution >= 4 is 12.0 Å². The van der Waals surface area contributed by atoms with Crippen molar-refractivity contribution in [3.05, 3.63) is 28.8 Å². The monoisotopic (exact) mass is 233 g/mol. The van der Waals surface area contributed by atoms with Gasteiger partial charge >= 0.3 is 0 Å². The molecule has 17 heavy (non-hydrogen) atoms. The molecule has 0 heterocycles. The Bertz CT molecular complexity index is 400. The van der Waals surface area contributed by atoms with Crippen LogP contribution >= 0.6 is 0 Å². The van der Waals surface area contributed by atoms with E-state index in [0.29, 0.717) is 12.1 Å². The molecule has 0 aliphatic carbocycles. The zero-order valence-corrected chi connectivity index (χ0v) is 11.7. The SMILES string of the molecule is Cc1cc(N(C(C)C)C(C)C)c(C)cc1C=O. The van der Waals surface area contributed by atoms with Crippen molar-refractivity contribution in [3.63, 3.8) is 0 Å². The highest BCUT2D eigenvalue weighted by molar-refractivity contribution is 5.79. The van der Waals surface area contributed by atoms with Crippen molar-refractivity contribution in [2.75, 3.05) is 4.90 Å². The van der Waals surface area contributed by atoms with Gasteiger partial charge in [0.2, 0.25) is 0 Å². The van der Waals surface area contributed by atoms with Crippen molar-refractivity contribution in [1.29, 1.82) is 0 Å². The third-order valence-electron chi connectivity index (χ3n) is 3.10. The second-order valence-electron chi connectivity index (χ2n) is 5.21. The maximum Gasteiger partial charge on any atom is 0.150 e. The van der Waals surface area contributed by atoms with E-state index in [0.717, 1.165) is 17.4 Å². The number of hydrogen-bond donors (Lipinski definition) is 0. The summed E-state index contributed by atoms with van der Waals surface area (Å²) in [6, 6.07) is 5.01. The van der Waals surface area contributed by atoms with Gasteiger partial charge in [0.1, 0.15) is 6.29 Å². The molecule has 0 unspecified atom stereocenters. The van der Waals surface area contributed by atoms with E-state index >= 15 is 0 Å². The molecular weight excluding hydrogens is 210 g/mol. The lowest BCUT2D eigenvalue weighted by Crippen LogP contribution is -2.37. The summed E-state index contributed by atoms with van der Waals surface area (Å²) in [7, 11) is 0. The second-order valence-corrected chi connectivity index (χ2v) is 5.21. The van der Waals surface area contributed by atoms with Crippen LogP contribution in [-0.4, -0.2) is 18.4 Å². The fourth-order valence-electron chi connectivity index (χ4n) is 2.38. The van der Waals surface area contributed by atoms with E-state index in [9.17, 15) is 4.79 Å². The molecule has 0 N–H and O–H groups in total. The van der Waals surface area contributed by atoms with Crippen LogP contribution in [0.5, 0.6) is 0 Å². The minimum absolute atomic E-state index is 0.454. The topological polar surface area (TPSA) is 20.3 Å². The van der Waals surface area contributed by atoms with E-state index in [1.165, 1.54) is 11.3 Å². The summed E-state index contributed by atoms with van der Waals surface area (Å²) in [5.74, 6) is 0. The van der Waals surface area contributed by atoms with Gasteiger partial charge in [-0.2, -0.15) is 0 Å². The lowest BCUT2D eigenvalue weighted by atomic mass is 10.0. The lowest BCUT2D eigenvalue weighted by Gasteiger charge is -2.34. The summed E-state index contributed by atoms with van der Waals surface area (Å²) in [6.45, 7) is 12.8. The van der Waals surface area contributed by atoms with Crippen LogP contribution in [0.4, 0.5) is 5.69 Å². The number of anilines is 1. The molecule has 0 aromatic heterocycles. The van der Waals surface area contributed by atoms with Gasteiger partial charge < -0.3 is 4.90 Å². The number of carbonyl (C=O) groups is 1. The number of hydrogen-bond acceptors (Lipinski definition) is 2. The fraction of sp³-hybridized carbons (Fsp3) is 0.533. The molecule has 0 aliphatic rings. The molecule has 0 atom stereocenters. The summed E-state index contributed by atoms with van der Waals surface area (Å²) >= 11 is 0. The van der Waals surface area contributed by atoms with Crippen molar-refractivity contribution < 1.29 is 4.79 Å². The molecular formula is C15H23NO. The predicted octanol–water partition coefficient (Wildman–Crippen LogP) is 3.74. The van der Waals surface area contributed by atoms with Gasteiger partial charge in [0, 0.05) is 23.3 Å². The molecule has 0 saturated heterocycles. The van der Waals surface area contributed by atoms with Crippen molar-refractivity contribution in [1.82, 2.24) is 0 Å². The van der Waals surface area contributed by atoms with Crippen LogP contribution in [0.2, 0.25) is 0 Å². The van der Waals surface area contributed by atoms with Crippen LogP contribution in [0.25, 0.3) is 0 Å². The average molecular weight is 233 g/mol. The van der Waals surface area contributed by atoms with Gasteiger partial charge in [-0.3, -0.25) is 4.79 Å². The average Bonchev–Trinajstić information content (AvgIpc) is 2.21. The minimum atomic E-state index is 0.454. The molecule has 94 valence electrons. The number of aryl methyl sites for hydroxylation is 2. The van der Waals surface area contributed by atoms with E-state index in [1.54, 1.807) is 0 Å². The van der Waals surface area contributed by atoms with Gasteiger partial charge in [0.25, 0.3) is 0 Å². The Hall–Kier alpha value is -1.31. The molecule has 0 spiro atoms. The van der Waals surface area contributed by atoms with Gasteiger partial charge in [-0.05, 0) is 64.8 Å². The van der Waals surface area contributed by atoms with Crippen molar-refractivity contribution in [3.8, 4) is 0 Å². The van der Waals surface area contributed by atoms with Crippen molar-refractivity contribution in [2.24, 2.45) is 0 Å². The first kappa shape index (κ1) is 13.8. The Kier molecular flexibility index (Phi) is 4.33. The lowest BCUT2D eigenvalue weighted by molar-refractivity contribution is 0.112. The third kappa shape index (κ3) is 2.87. The first-order valence-electron chi connectivity index (χ1n) is 6.23. The molecule has 0 amide bonds. The summed E-state index contributed by atoms with van der Waals surface area (Å²) in [5.41, 5.74) is 4.24. The fourth-order valence-corrected chi connectivity index (χ4v) is 2.38. The maximum atomic E-state index is 10.9. The summed E-state index contributed by atoms with van der Waals surface area (Å²) in [5, 5.41) is 0. The van der Waals surface area contributed by atoms with Gasteiger partial charge in [0.05, 0.1) is 0 Å². The molecule has 2 heteroatoms. The Balaban J connectivity index is 3.30. The minimum Gasteiger partial charge on any atom is -0.366 e. The first-order chi connectivity index (χ1) is 7.88. The molecule has 0 bridgehead atoms. The Morgan fingerprint density at radius 2 is 1.53 bits per heavy atom. The van der Waals surface area contributed by atoms with Crippen LogP contribution in [0, 0.1) is 13.8 Å². The standard InChI is InChI=1S/C15H23NO/c1-10(2)16(11(3)4)15-8-12(5)14(9-17)7-13(15)6/h7-11H,1-6H3. The zero-order valence-electron chi connectivity index (χ0n) is 11.7.